The molecule has 3 aromatic rings. The molecule has 0 aliphatic carbocycles. The second-order valence-corrected chi connectivity index (χ2v) is 6.29. The molecule has 0 saturated heterocycles. The molecule has 1 amide bonds. The summed E-state index contributed by atoms with van der Waals surface area (Å²) in [6, 6.07) is 22.6. The monoisotopic (exact) mass is 396 g/mol. The van der Waals surface area contributed by atoms with Gasteiger partial charge >= 0.3 is 0 Å². The summed E-state index contributed by atoms with van der Waals surface area (Å²) in [5, 5.41) is 0. The second-order valence-electron chi connectivity index (χ2n) is 5.38. The molecular weight excluding hydrogens is 380 g/mol. The van der Waals surface area contributed by atoms with Crippen LogP contribution in [0.15, 0.2) is 83.5 Å². The molecule has 0 spiro atoms. The molecule has 25 heavy (non-hydrogen) atoms. The summed E-state index contributed by atoms with van der Waals surface area (Å²) in [4.78, 5) is 18.8. The second kappa shape index (κ2) is 8.44. The lowest BCUT2D eigenvalue weighted by atomic mass is 10.2. The van der Waals surface area contributed by atoms with Crippen LogP contribution < -0.4 is 9.64 Å². The van der Waals surface area contributed by atoms with Crippen LogP contribution in [0.25, 0.3) is 0 Å². The van der Waals surface area contributed by atoms with E-state index in [1.54, 1.807) is 11.1 Å². The third-order valence-electron chi connectivity index (χ3n) is 3.59. The summed E-state index contributed by atoms with van der Waals surface area (Å²) in [5.41, 5.74) is 1.62. The number of ether oxygens (including phenoxy) is 1. The Labute approximate surface area is 155 Å². The van der Waals surface area contributed by atoms with E-state index in [1.165, 1.54) is 0 Å². The van der Waals surface area contributed by atoms with Crippen LogP contribution in [0.1, 0.15) is 5.69 Å². The quantitative estimate of drug-likeness (QED) is 0.617. The third kappa shape index (κ3) is 4.90. The number of para-hydroxylation sites is 1. The number of carbonyl (C=O) groups excluding carboxylic acids is 1. The van der Waals surface area contributed by atoms with Crippen LogP contribution in [0, 0.1) is 0 Å². The minimum atomic E-state index is -0.128. The van der Waals surface area contributed by atoms with Crippen LogP contribution >= 0.6 is 15.9 Å². The lowest BCUT2D eigenvalue weighted by molar-refractivity contribution is -0.120. The first-order valence-electron chi connectivity index (χ1n) is 7.86. The number of hydrogen-bond acceptors (Lipinski definition) is 3. The summed E-state index contributed by atoms with van der Waals surface area (Å²) in [7, 11) is 0. The Morgan fingerprint density at radius 2 is 1.68 bits per heavy atom. The van der Waals surface area contributed by atoms with Crippen LogP contribution in [-0.4, -0.2) is 17.5 Å². The molecule has 0 atom stereocenters. The molecule has 1 aromatic heterocycles. The fourth-order valence-corrected chi connectivity index (χ4v) is 2.60. The zero-order valence-corrected chi connectivity index (χ0v) is 15.1. The molecule has 126 valence electrons. The number of benzene rings is 2. The van der Waals surface area contributed by atoms with Crippen molar-refractivity contribution < 1.29 is 9.53 Å². The molecule has 5 heteroatoms. The molecule has 0 fully saturated rings. The Kier molecular flexibility index (Phi) is 5.80. The Morgan fingerprint density at radius 1 is 0.960 bits per heavy atom. The van der Waals surface area contributed by atoms with Gasteiger partial charge in [0.1, 0.15) is 5.75 Å². The molecular formula is C20H17BrN2O2. The van der Waals surface area contributed by atoms with Gasteiger partial charge in [-0.25, -0.2) is 0 Å². The fraction of sp³-hybridized carbons (Fsp3) is 0.100. The average molecular weight is 397 g/mol. The summed E-state index contributed by atoms with van der Waals surface area (Å²) in [6.07, 6.45) is 1.72. The normalized spacial score (nSPS) is 10.3. The summed E-state index contributed by atoms with van der Waals surface area (Å²) in [6.45, 7) is 0.354. The Hall–Kier alpha value is -2.66. The molecule has 3 rings (SSSR count). The highest BCUT2D eigenvalue weighted by atomic mass is 79.9. The minimum Gasteiger partial charge on any atom is -0.484 e. The van der Waals surface area contributed by atoms with Crippen molar-refractivity contribution in [1.82, 2.24) is 4.98 Å². The van der Waals surface area contributed by atoms with E-state index in [4.69, 9.17) is 4.74 Å². The Bertz CT molecular complexity index is 808. The number of anilines is 1. The van der Waals surface area contributed by atoms with Gasteiger partial charge in [-0.2, -0.15) is 0 Å². The summed E-state index contributed by atoms with van der Waals surface area (Å²) in [5.74, 6) is 0.543. The molecule has 4 nitrogen and oxygen atoms in total. The highest BCUT2D eigenvalue weighted by Gasteiger charge is 2.17. The highest BCUT2D eigenvalue weighted by molar-refractivity contribution is 9.10. The van der Waals surface area contributed by atoms with E-state index in [1.807, 2.05) is 72.8 Å². The van der Waals surface area contributed by atoms with Crippen molar-refractivity contribution in [2.45, 2.75) is 6.54 Å². The molecule has 0 unspecified atom stereocenters. The van der Waals surface area contributed by atoms with Crippen molar-refractivity contribution in [3.05, 3.63) is 89.2 Å². The number of halogens is 1. The molecule has 2 aromatic carbocycles. The molecule has 0 aliphatic heterocycles. The van der Waals surface area contributed by atoms with Gasteiger partial charge in [0, 0.05) is 16.4 Å². The maximum absolute atomic E-state index is 12.8. The van der Waals surface area contributed by atoms with Gasteiger partial charge in [-0.05, 0) is 48.5 Å². The largest absolute Gasteiger partial charge is 0.484 e. The summed E-state index contributed by atoms with van der Waals surface area (Å²) >= 11 is 3.42. The predicted octanol–water partition coefficient (Wildman–Crippen LogP) is 4.46. The fourth-order valence-electron chi connectivity index (χ4n) is 2.34. The van der Waals surface area contributed by atoms with Crippen molar-refractivity contribution in [2.24, 2.45) is 0 Å². The van der Waals surface area contributed by atoms with Crippen molar-refractivity contribution in [3.8, 4) is 5.75 Å². The van der Waals surface area contributed by atoms with Crippen LogP contribution in [0.5, 0.6) is 5.75 Å². The van der Waals surface area contributed by atoms with E-state index in [9.17, 15) is 4.79 Å². The van der Waals surface area contributed by atoms with Crippen LogP contribution in [-0.2, 0) is 11.3 Å². The average Bonchev–Trinajstić information content (AvgIpc) is 2.67. The molecule has 0 radical (unpaired) electrons. The van der Waals surface area contributed by atoms with Gasteiger partial charge in [0.25, 0.3) is 5.91 Å². The van der Waals surface area contributed by atoms with E-state index in [0.29, 0.717) is 12.3 Å². The van der Waals surface area contributed by atoms with Crippen molar-refractivity contribution in [3.63, 3.8) is 0 Å². The molecule has 0 aliphatic rings. The SMILES string of the molecule is O=C(COc1ccccc1)N(Cc1ccccn1)c1ccc(Br)cc1. The van der Waals surface area contributed by atoms with Gasteiger partial charge < -0.3 is 9.64 Å². The maximum Gasteiger partial charge on any atom is 0.265 e. The van der Waals surface area contributed by atoms with Gasteiger partial charge in [0.05, 0.1) is 12.2 Å². The van der Waals surface area contributed by atoms with Crippen LogP contribution in [0.4, 0.5) is 5.69 Å². The first-order chi connectivity index (χ1) is 12.2. The number of nitrogens with zero attached hydrogens (tertiary/aromatic N) is 2. The van der Waals surface area contributed by atoms with Gasteiger partial charge in [-0.15, -0.1) is 0 Å². The zero-order chi connectivity index (χ0) is 17.5. The Morgan fingerprint density at radius 3 is 2.36 bits per heavy atom. The smallest absolute Gasteiger partial charge is 0.265 e. The Balaban J connectivity index is 1.77. The topological polar surface area (TPSA) is 42.4 Å². The maximum atomic E-state index is 12.8. The third-order valence-corrected chi connectivity index (χ3v) is 4.12. The van der Waals surface area contributed by atoms with E-state index >= 15 is 0 Å². The number of pyridine rings is 1. The summed E-state index contributed by atoms with van der Waals surface area (Å²) < 4.78 is 6.57. The first-order valence-corrected chi connectivity index (χ1v) is 8.65. The number of aromatic nitrogens is 1. The predicted molar refractivity (Wildman–Crippen MR) is 102 cm³/mol. The lowest BCUT2D eigenvalue weighted by Gasteiger charge is -2.23. The number of rotatable bonds is 6. The molecule has 0 N–H and O–H groups in total. The minimum absolute atomic E-state index is 0.0348. The van der Waals surface area contributed by atoms with Gasteiger partial charge in [0.15, 0.2) is 6.61 Å². The number of amides is 1. The molecule has 1 heterocycles. The zero-order valence-electron chi connectivity index (χ0n) is 13.5. The standard InChI is InChI=1S/C20H17BrN2O2/c21-16-9-11-18(12-10-16)23(14-17-6-4-5-13-22-17)20(24)15-25-19-7-2-1-3-8-19/h1-13H,14-15H2. The van der Waals surface area contributed by atoms with E-state index < -0.39 is 0 Å². The van der Waals surface area contributed by atoms with E-state index in [0.717, 1.165) is 15.9 Å². The molecule has 0 bridgehead atoms. The van der Waals surface area contributed by atoms with Crippen molar-refractivity contribution >= 4 is 27.5 Å². The van der Waals surface area contributed by atoms with Gasteiger partial charge in [-0.3, -0.25) is 9.78 Å². The van der Waals surface area contributed by atoms with Crippen molar-refractivity contribution in [2.75, 3.05) is 11.5 Å². The molecule has 0 saturated carbocycles. The lowest BCUT2D eigenvalue weighted by Crippen LogP contribution is -2.34. The number of carbonyl (C=O) groups is 1. The van der Waals surface area contributed by atoms with E-state index in [2.05, 4.69) is 20.9 Å². The number of hydrogen-bond donors (Lipinski definition) is 0. The van der Waals surface area contributed by atoms with Gasteiger partial charge in [0.2, 0.25) is 0 Å². The van der Waals surface area contributed by atoms with E-state index in [-0.39, 0.29) is 12.5 Å². The first kappa shape index (κ1) is 17.2. The van der Waals surface area contributed by atoms with Gasteiger partial charge in [-0.1, -0.05) is 40.2 Å². The van der Waals surface area contributed by atoms with Crippen molar-refractivity contribution in [1.29, 1.82) is 0 Å². The highest BCUT2D eigenvalue weighted by Crippen LogP contribution is 2.21. The van der Waals surface area contributed by atoms with Crippen LogP contribution in [0.2, 0.25) is 0 Å². The van der Waals surface area contributed by atoms with Crippen LogP contribution in [0.3, 0.4) is 0 Å².